The van der Waals surface area contributed by atoms with Crippen molar-refractivity contribution in [1.29, 1.82) is 0 Å². The Morgan fingerprint density at radius 2 is 1.79 bits per heavy atom. The van der Waals surface area contributed by atoms with Crippen LogP contribution in [0.25, 0.3) is 21.3 Å². The van der Waals surface area contributed by atoms with Gasteiger partial charge in [-0.25, -0.2) is 4.98 Å². The van der Waals surface area contributed by atoms with Gasteiger partial charge in [-0.1, -0.05) is 54.2 Å². The highest BCUT2D eigenvalue weighted by molar-refractivity contribution is 7.99. The van der Waals surface area contributed by atoms with Gasteiger partial charge in [0.25, 0.3) is 5.56 Å². The predicted octanol–water partition coefficient (Wildman–Crippen LogP) is 4.88. The summed E-state index contributed by atoms with van der Waals surface area (Å²) in [6, 6.07) is 19.7. The average Bonchev–Trinajstić information content (AvgIpc) is 3.22. The minimum absolute atomic E-state index is 0.0492. The molecule has 1 amide bonds. The van der Waals surface area contributed by atoms with E-state index in [1.165, 1.54) is 23.1 Å². The molecule has 0 saturated heterocycles. The summed E-state index contributed by atoms with van der Waals surface area (Å²) in [5.41, 5.74) is 3.60. The fourth-order valence-corrected chi connectivity index (χ4v) is 4.66. The van der Waals surface area contributed by atoms with Gasteiger partial charge in [-0.15, -0.1) is 11.3 Å². The van der Waals surface area contributed by atoms with E-state index in [9.17, 15) is 9.59 Å². The minimum atomic E-state index is -0.134. The van der Waals surface area contributed by atoms with Gasteiger partial charge in [-0.3, -0.25) is 14.2 Å². The molecule has 0 unspecified atom stereocenters. The van der Waals surface area contributed by atoms with Crippen LogP contribution in [0.5, 0.6) is 0 Å². The third-order valence-electron chi connectivity index (χ3n) is 4.46. The molecular formula is C22H19N3O2S2. The molecule has 0 aliphatic carbocycles. The second-order valence-electron chi connectivity index (χ2n) is 6.36. The lowest BCUT2D eigenvalue weighted by Crippen LogP contribution is -2.22. The van der Waals surface area contributed by atoms with E-state index in [1.54, 1.807) is 4.57 Å². The van der Waals surface area contributed by atoms with Crippen LogP contribution < -0.4 is 10.9 Å². The van der Waals surface area contributed by atoms with Gasteiger partial charge in [0.2, 0.25) is 5.91 Å². The van der Waals surface area contributed by atoms with Crippen molar-refractivity contribution in [3.05, 3.63) is 76.4 Å². The second-order valence-corrected chi connectivity index (χ2v) is 8.22. The molecule has 0 aliphatic rings. The number of carbonyl (C=O) groups excluding carboxylic acids is 1. The monoisotopic (exact) mass is 421 g/mol. The molecule has 5 nitrogen and oxygen atoms in total. The van der Waals surface area contributed by atoms with Crippen LogP contribution in [0, 0.1) is 0 Å². The number of fused-ring (bicyclic) bond motifs is 1. The Morgan fingerprint density at radius 1 is 1.07 bits per heavy atom. The number of hydrogen-bond donors (Lipinski definition) is 1. The van der Waals surface area contributed by atoms with Gasteiger partial charge < -0.3 is 5.32 Å². The number of thiophene rings is 1. The van der Waals surface area contributed by atoms with Gasteiger partial charge in [0.05, 0.1) is 11.3 Å². The molecule has 2 aromatic heterocycles. The average molecular weight is 422 g/mol. The molecule has 0 aliphatic heterocycles. The molecule has 4 rings (SSSR count). The van der Waals surface area contributed by atoms with Gasteiger partial charge in [0, 0.05) is 12.2 Å². The highest BCUT2D eigenvalue weighted by Gasteiger charge is 2.13. The van der Waals surface area contributed by atoms with E-state index in [1.807, 2.05) is 60.8 Å². The van der Waals surface area contributed by atoms with E-state index in [2.05, 4.69) is 22.4 Å². The van der Waals surface area contributed by atoms with Crippen LogP contribution in [0.4, 0.5) is 5.69 Å². The van der Waals surface area contributed by atoms with Crippen molar-refractivity contribution in [2.24, 2.45) is 0 Å². The molecule has 0 saturated carbocycles. The van der Waals surface area contributed by atoms with Crippen LogP contribution >= 0.6 is 23.1 Å². The van der Waals surface area contributed by atoms with Gasteiger partial charge in [0.1, 0.15) is 4.70 Å². The van der Waals surface area contributed by atoms with E-state index >= 15 is 0 Å². The number of hydrogen-bond acceptors (Lipinski definition) is 5. The van der Waals surface area contributed by atoms with Gasteiger partial charge in [0.15, 0.2) is 5.16 Å². The zero-order valence-electron chi connectivity index (χ0n) is 15.8. The molecule has 146 valence electrons. The van der Waals surface area contributed by atoms with Gasteiger partial charge in [-0.05, 0) is 41.6 Å². The fourth-order valence-electron chi connectivity index (χ4n) is 3.02. The van der Waals surface area contributed by atoms with Crippen molar-refractivity contribution >= 4 is 44.9 Å². The predicted molar refractivity (Wildman–Crippen MR) is 121 cm³/mol. The number of anilines is 1. The lowest BCUT2D eigenvalue weighted by molar-refractivity contribution is -0.113. The van der Waals surface area contributed by atoms with Crippen molar-refractivity contribution in [2.45, 2.75) is 18.6 Å². The van der Waals surface area contributed by atoms with Gasteiger partial charge >= 0.3 is 0 Å². The highest BCUT2D eigenvalue weighted by atomic mass is 32.2. The maximum atomic E-state index is 12.5. The van der Waals surface area contributed by atoms with Crippen LogP contribution in [0.3, 0.4) is 0 Å². The van der Waals surface area contributed by atoms with E-state index in [-0.39, 0.29) is 17.2 Å². The van der Waals surface area contributed by atoms with Crippen molar-refractivity contribution in [1.82, 2.24) is 9.55 Å². The Balaban J connectivity index is 1.43. The standard InChI is InChI=1S/C22H19N3O2S2/c1-2-25-21(27)20-18(12-13-28-20)24-22(25)29-14-19(26)23-17-10-8-16(9-11-17)15-6-4-3-5-7-15/h3-13H,2,14H2,1H3,(H,23,26). The van der Waals surface area contributed by atoms with E-state index < -0.39 is 0 Å². The summed E-state index contributed by atoms with van der Waals surface area (Å²) in [5.74, 6) is 0.0486. The number of thioether (sulfide) groups is 1. The second kappa shape index (κ2) is 8.63. The molecule has 0 bridgehead atoms. The number of aromatic nitrogens is 2. The molecule has 29 heavy (non-hydrogen) atoms. The van der Waals surface area contributed by atoms with E-state index in [0.29, 0.717) is 21.9 Å². The number of carbonyl (C=O) groups is 1. The minimum Gasteiger partial charge on any atom is -0.325 e. The SMILES string of the molecule is CCn1c(SCC(=O)Nc2ccc(-c3ccccc3)cc2)nc2ccsc2c1=O. The third kappa shape index (κ3) is 4.26. The molecule has 4 aromatic rings. The molecule has 0 atom stereocenters. The summed E-state index contributed by atoms with van der Waals surface area (Å²) in [6.45, 7) is 2.42. The zero-order valence-corrected chi connectivity index (χ0v) is 17.4. The third-order valence-corrected chi connectivity index (χ3v) is 6.32. The van der Waals surface area contributed by atoms with Crippen LogP contribution in [0.15, 0.2) is 76.0 Å². The number of nitrogens with zero attached hydrogens (tertiary/aromatic N) is 2. The normalized spacial score (nSPS) is 10.9. The molecule has 0 spiro atoms. The Bertz CT molecular complexity index is 1200. The Hall–Kier alpha value is -2.90. The van der Waals surface area contributed by atoms with Gasteiger partial charge in [-0.2, -0.15) is 0 Å². The lowest BCUT2D eigenvalue weighted by atomic mass is 10.1. The topological polar surface area (TPSA) is 64.0 Å². The van der Waals surface area contributed by atoms with Crippen molar-refractivity contribution in [3.63, 3.8) is 0 Å². The zero-order chi connectivity index (χ0) is 20.2. The summed E-state index contributed by atoms with van der Waals surface area (Å²) in [4.78, 5) is 29.5. The first-order valence-electron chi connectivity index (χ1n) is 9.22. The van der Waals surface area contributed by atoms with Crippen LogP contribution in [0.2, 0.25) is 0 Å². The smallest absolute Gasteiger partial charge is 0.272 e. The lowest BCUT2D eigenvalue weighted by Gasteiger charge is -2.10. The van der Waals surface area contributed by atoms with Crippen molar-refractivity contribution in [2.75, 3.05) is 11.1 Å². The maximum Gasteiger partial charge on any atom is 0.272 e. The van der Waals surface area contributed by atoms with Crippen LogP contribution in [-0.2, 0) is 11.3 Å². The van der Waals surface area contributed by atoms with E-state index in [4.69, 9.17) is 0 Å². The molecule has 0 radical (unpaired) electrons. The molecule has 0 fully saturated rings. The highest BCUT2D eigenvalue weighted by Crippen LogP contribution is 2.23. The largest absolute Gasteiger partial charge is 0.325 e. The molecular weight excluding hydrogens is 402 g/mol. The van der Waals surface area contributed by atoms with Crippen LogP contribution in [-0.4, -0.2) is 21.2 Å². The maximum absolute atomic E-state index is 12.5. The summed E-state index contributed by atoms with van der Waals surface area (Å²) in [7, 11) is 0. The molecule has 1 N–H and O–H groups in total. The summed E-state index contributed by atoms with van der Waals surface area (Å²) in [6.07, 6.45) is 0. The number of nitrogens with one attached hydrogen (secondary N) is 1. The number of amides is 1. The van der Waals surface area contributed by atoms with E-state index in [0.717, 1.165) is 16.8 Å². The Labute approximate surface area is 176 Å². The summed E-state index contributed by atoms with van der Waals surface area (Å²) >= 11 is 2.67. The molecule has 2 aromatic carbocycles. The first-order chi connectivity index (χ1) is 14.2. The van der Waals surface area contributed by atoms with Crippen LogP contribution in [0.1, 0.15) is 6.92 Å². The molecule has 2 heterocycles. The summed E-state index contributed by atoms with van der Waals surface area (Å²) < 4.78 is 2.27. The van der Waals surface area contributed by atoms with Crippen molar-refractivity contribution in [3.8, 4) is 11.1 Å². The number of rotatable bonds is 6. The number of benzene rings is 2. The quantitative estimate of drug-likeness (QED) is 0.356. The first-order valence-corrected chi connectivity index (χ1v) is 11.1. The first kappa shape index (κ1) is 19.4. The molecule has 7 heteroatoms. The Morgan fingerprint density at radius 3 is 2.52 bits per heavy atom. The van der Waals surface area contributed by atoms with Crippen molar-refractivity contribution < 1.29 is 4.79 Å². The Kier molecular flexibility index (Phi) is 5.78. The summed E-state index contributed by atoms with van der Waals surface area (Å²) in [5, 5.41) is 5.33. The fraction of sp³-hybridized carbons (Fsp3) is 0.136.